The molecule has 13 heavy (non-hydrogen) atoms. The van der Waals surface area contributed by atoms with Crippen molar-refractivity contribution in [1.29, 1.82) is 0 Å². The lowest BCUT2D eigenvalue weighted by Crippen LogP contribution is -2.13. The minimum Gasteiger partial charge on any atom is -0.461 e. The second-order valence-corrected chi connectivity index (χ2v) is 3.98. The first kappa shape index (κ1) is 6.13. The van der Waals surface area contributed by atoms with Gasteiger partial charge in [-0.3, -0.25) is 0 Å². The average molecular weight is 178 g/mol. The maximum Gasteiger partial charge on any atom is 0.174 e. The van der Waals surface area contributed by atoms with E-state index in [1.807, 2.05) is 20.8 Å². The zero-order chi connectivity index (χ0) is 11.2. The van der Waals surface area contributed by atoms with Crippen LogP contribution in [0.3, 0.4) is 0 Å². The van der Waals surface area contributed by atoms with Gasteiger partial charge in [-0.15, -0.1) is 0 Å². The van der Waals surface area contributed by atoms with E-state index in [2.05, 4.69) is 9.97 Å². The minimum atomic E-state index is -0.183. The fourth-order valence-electron chi connectivity index (χ4n) is 1.22. The quantitative estimate of drug-likeness (QED) is 0.622. The molecular weight excluding hydrogens is 164 g/mol. The molecule has 3 heteroatoms. The lowest BCUT2D eigenvalue weighted by atomic mass is 9.91. The Balaban J connectivity index is 2.83. The summed E-state index contributed by atoms with van der Waals surface area (Å²) in [6, 6.07) is 0.0258. The topological polar surface area (TPSA) is 38.9 Å². The minimum absolute atomic E-state index is 0.0258. The zero-order valence-electron chi connectivity index (χ0n) is 9.88. The second kappa shape index (κ2) is 2.55. The molecule has 0 bridgehead atoms. The van der Waals surface area contributed by atoms with E-state index in [0.717, 1.165) is 5.69 Å². The van der Waals surface area contributed by atoms with Crippen LogP contribution in [0.5, 0.6) is 0 Å². The molecule has 0 aliphatic heterocycles. The molecule has 2 aromatic heterocycles. The van der Waals surface area contributed by atoms with Crippen LogP contribution in [0.15, 0.2) is 23.0 Å². The van der Waals surface area contributed by atoms with Gasteiger partial charge in [0.05, 0.1) is 13.3 Å². The third-order valence-corrected chi connectivity index (χ3v) is 1.84. The molecular formula is C10H12N2O. The van der Waals surface area contributed by atoms with Crippen molar-refractivity contribution in [3.63, 3.8) is 0 Å². The van der Waals surface area contributed by atoms with E-state index >= 15 is 0 Å². The van der Waals surface area contributed by atoms with Gasteiger partial charge in [-0.2, -0.15) is 0 Å². The molecule has 0 aromatic carbocycles. The normalized spacial score (nSPS) is 14.4. The van der Waals surface area contributed by atoms with E-state index in [0.29, 0.717) is 11.1 Å². The molecule has 0 radical (unpaired) electrons. The Kier molecular flexibility index (Phi) is 1.20. The summed E-state index contributed by atoms with van der Waals surface area (Å²) in [4.78, 5) is 8.12. The number of rotatable bonds is 0. The third-order valence-electron chi connectivity index (χ3n) is 1.84. The van der Waals surface area contributed by atoms with Crippen molar-refractivity contribution in [2.24, 2.45) is 0 Å². The van der Waals surface area contributed by atoms with Crippen molar-refractivity contribution in [2.45, 2.75) is 26.2 Å². The molecule has 0 spiro atoms. The Morgan fingerprint density at radius 2 is 2.15 bits per heavy atom. The highest BCUT2D eigenvalue weighted by Gasteiger charge is 2.20. The van der Waals surface area contributed by atoms with E-state index < -0.39 is 0 Å². The van der Waals surface area contributed by atoms with Crippen molar-refractivity contribution < 1.29 is 7.16 Å². The smallest absolute Gasteiger partial charge is 0.174 e. The van der Waals surface area contributed by atoms with Crippen molar-refractivity contribution in [2.75, 3.05) is 0 Å². The molecule has 0 N–H and O–H groups in total. The molecule has 0 saturated heterocycles. The molecule has 2 rings (SSSR count). The third kappa shape index (κ3) is 1.30. The lowest BCUT2D eigenvalue weighted by molar-refractivity contribution is 0.540. The van der Waals surface area contributed by atoms with Gasteiger partial charge in [0, 0.05) is 11.5 Å². The Morgan fingerprint density at radius 3 is 2.85 bits per heavy atom. The van der Waals surface area contributed by atoms with E-state index in [1.165, 1.54) is 6.33 Å². The SMILES string of the molecule is [2H]c1oc2c(C(C)(C)C)ncnc2c1[2H]. The fourth-order valence-corrected chi connectivity index (χ4v) is 1.22. The van der Waals surface area contributed by atoms with Crippen LogP contribution in [0, 0.1) is 0 Å². The number of hydrogen-bond donors (Lipinski definition) is 0. The Morgan fingerprint density at radius 1 is 1.38 bits per heavy atom. The molecule has 0 atom stereocenters. The number of aromatic nitrogens is 2. The summed E-state index contributed by atoms with van der Waals surface area (Å²) in [7, 11) is 0. The highest BCUT2D eigenvalue weighted by atomic mass is 16.3. The second-order valence-electron chi connectivity index (χ2n) is 3.98. The van der Waals surface area contributed by atoms with Crippen LogP contribution in [-0.4, -0.2) is 9.97 Å². The lowest BCUT2D eigenvalue weighted by Gasteiger charge is -2.16. The van der Waals surface area contributed by atoms with Crippen molar-refractivity contribution >= 4 is 11.1 Å². The maximum absolute atomic E-state index is 7.60. The summed E-state index contributed by atoms with van der Waals surface area (Å²) in [6.07, 6.45) is 1.26. The van der Waals surface area contributed by atoms with Crippen LogP contribution in [0.1, 0.15) is 29.2 Å². The Hall–Kier alpha value is -1.38. The fraction of sp³-hybridized carbons (Fsp3) is 0.400. The highest BCUT2D eigenvalue weighted by Crippen LogP contribution is 2.26. The van der Waals surface area contributed by atoms with Crippen molar-refractivity contribution in [1.82, 2.24) is 9.97 Å². The van der Waals surface area contributed by atoms with Crippen LogP contribution < -0.4 is 0 Å². The van der Waals surface area contributed by atoms with Gasteiger partial charge in [-0.05, 0) is 0 Å². The van der Waals surface area contributed by atoms with E-state index in [9.17, 15) is 0 Å². The van der Waals surface area contributed by atoms with Gasteiger partial charge in [0.25, 0.3) is 0 Å². The average Bonchev–Trinajstić information content (AvgIpc) is 2.41. The molecule has 2 aromatic rings. The summed E-state index contributed by atoms with van der Waals surface area (Å²) < 4.78 is 20.2. The molecule has 68 valence electrons. The first-order valence-corrected chi connectivity index (χ1v) is 4.12. The summed E-state index contributed by atoms with van der Waals surface area (Å²) >= 11 is 0. The molecule has 3 nitrogen and oxygen atoms in total. The van der Waals surface area contributed by atoms with Gasteiger partial charge in [-0.25, -0.2) is 9.97 Å². The van der Waals surface area contributed by atoms with Gasteiger partial charge < -0.3 is 4.42 Å². The number of hydrogen-bond acceptors (Lipinski definition) is 3. The molecule has 0 saturated carbocycles. The van der Waals surface area contributed by atoms with Gasteiger partial charge >= 0.3 is 0 Å². The van der Waals surface area contributed by atoms with Gasteiger partial charge in [0.1, 0.15) is 13.2 Å². The van der Waals surface area contributed by atoms with Crippen LogP contribution in [0.2, 0.25) is 0 Å². The van der Waals surface area contributed by atoms with E-state index in [1.54, 1.807) is 0 Å². The number of nitrogens with zero attached hydrogens (tertiary/aromatic N) is 2. The monoisotopic (exact) mass is 178 g/mol. The number of furan rings is 1. The van der Waals surface area contributed by atoms with Gasteiger partial charge in [0.2, 0.25) is 0 Å². The Bertz CT molecular complexity index is 514. The Labute approximate surface area is 79.6 Å². The summed E-state index contributed by atoms with van der Waals surface area (Å²) in [5.74, 6) is 0. The summed E-state index contributed by atoms with van der Waals surface area (Å²) in [5, 5.41) is 0. The molecule has 0 unspecified atom stereocenters. The first-order chi connectivity index (χ1) is 6.91. The van der Waals surface area contributed by atoms with E-state index in [-0.39, 0.29) is 17.7 Å². The van der Waals surface area contributed by atoms with Crippen LogP contribution in [-0.2, 0) is 5.41 Å². The van der Waals surface area contributed by atoms with Crippen molar-refractivity contribution in [3.05, 3.63) is 24.3 Å². The number of fused-ring (bicyclic) bond motifs is 1. The molecule has 0 amide bonds. The maximum atomic E-state index is 7.60. The predicted molar refractivity (Wildman–Crippen MR) is 50.5 cm³/mol. The van der Waals surface area contributed by atoms with Crippen LogP contribution >= 0.6 is 0 Å². The standard InChI is InChI=1S/C10H12N2O/c1-10(2,3)9-8-7(4-5-13-8)11-6-12-9/h4-6H,1-3H3/i4D,5D. The zero-order valence-corrected chi connectivity index (χ0v) is 7.88. The first-order valence-electron chi connectivity index (χ1n) is 5.12. The molecule has 0 fully saturated rings. The van der Waals surface area contributed by atoms with Gasteiger partial charge in [0.15, 0.2) is 5.58 Å². The predicted octanol–water partition coefficient (Wildman–Crippen LogP) is 2.52. The molecule has 0 aliphatic rings. The van der Waals surface area contributed by atoms with Crippen molar-refractivity contribution in [3.8, 4) is 0 Å². The van der Waals surface area contributed by atoms with Gasteiger partial charge in [-0.1, -0.05) is 20.8 Å². The molecule has 0 aliphatic carbocycles. The molecule has 2 heterocycles. The van der Waals surface area contributed by atoms with Crippen LogP contribution in [0.25, 0.3) is 11.1 Å². The highest BCUT2D eigenvalue weighted by molar-refractivity contribution is 5.75. The summed E-state index contributed by atoms with van der Waals surface area (Å²) in [6.45, 7) is 6.01. The largest absolute Gasteiger partial charge is 0.461 e. The summed E-state index contributed by atoms with van der Waals surface area (Å²) in [5.41, 5.74) is 1.43. The van der Waals surface area contributed by atoms with Crippen LogP contribution in [0.4, 0.5) is 0 Å². The van der Waals surface area contributed by atoms with E-state index in [4.69, 9.17) is 7.16 Å².